The van der Waals surface area contributed by atoms with E-state index in [1.807, 2.05) is 13.8 Å². The normalized spacial score (nSPS) is 12.3. The summed E-state index contributed by atoms with van der Waals surface area (Å²) in [4.78, 5) is 32.5. The second-order valence-electron chi connectivity index (χ2n) is 4.92. The van der Waals surface area contributed by atoms with Gasteiger partial charge in [-0.05, 0) is 19.3 Å². The van der Waals surface area contributed by atoms with Crippen molar-refractivity contribution in [1.29, 1.82) is 0 Å². The minimum atomic E-state index is -1.00. The molecule has 1 rings (SSSR count). The topological polar surface area (TPSA) is 83.4 Å². The van der Waals surface area contributed by atoms with Crippen LogP contribution in [-0.2, 0) is 4.79 Å². The first-order valence-corrected chi connectivity index (χ1v) is 6.11. The van der Waals surface area contributed by atoms with Crippen LogP contribution >= 0.6 is 0 Å². The number of carbonyl (C=O) groups is 2. The molecule has 19 heavy (non-hydrogen) atoms. The van der Waals surface area contributed by atoms with Crippen molar-refractivity contribution in [3.63, 3.8) is 0 Å². The van der Waals surface area contributed by atoms with E-state index in [4.69, 9.17) is 0 Å². The molecule has 0 aliphatic carbocycles. The Labute approximate surface area is 112 Å². The molecule has 0 saturated carbocycles. The Hall–Kier alpha value is -1.98. The molecule has 1 heterocycles. The Balaban J connectivity index is 2.97. The van der Waals surface area contributed by atoms with E-state index in [1.54, 1.807) is 6.92 Å². The van der Waals surface area contributed by atoms with Crippen molar-refractivity contribution in [2.24, 2.45) is 5.92 Å². The quantitative estimate of drug-likeness (QED) is 0.869. The molecular formula is C13H19N3O3. The summed E-state index contributed by atoms with van der Waals surface area (Å²) in [6.45, 7) is 5.54. The lowest BCUT2D eigenvalue weighted by molar-refractivity contribution is -0.142. The highest BCUT2D eigenvalue weighted by Gasteiger charge is 2.28. The van der Waals surface area contributed by atoms with E-state index in [-0.39, 0.29) is 11.8 Å². The number of carboxylic acids is 1. The minimum Gasteiger partial charge on any atom is -0.480 e. The van der Waals surface area contributed by atoms with Crippen LogP contribution in [0.4, 0.5) is 0 Å². The molecule has 0 saturated heterocycles. The van der Waals surface area contributed by atoms with E-state index < -0.39 is 12.0 Å². The monoisotopic (exact) mass is 265 g/mol. The number of carboxylic acid groups (broad SMARTS) is 1. The van der Waals surface area contributed by atoms with Crippen molar-refractivity contribution in [2.45, 2.75) is 33.2 Å². The number of nitrogens with zero attached hydrogens (tertiary/aromatic N) is 3. The summed E-state index contributed by atoms with van der Waals surface area (Å²) >= 11 is 0. The van der Waals surface area contributed by atoms with E-state index >= 15 is 0 Å². The van der Waals surface area contributed by atoms with Crippen molar-refractivity contribution >= 4 is 11.9 Å². The molecule has 6 nitrogen and oxygen atoms in total. The third-order valence-electron chi connectivity index (χ3n) is 2.91. The van der Waals surface area contributed by atoms with Gasteiger partial charge >= 0.3 is 5.97 Å². The van der Waals surface area contributed by atoms with Crippen LogP contribution in [0.15, 0.2) is 12.5 Å². The SMILES string of the molecule is Cc1ncncc1C(=O)N(C)C(CC(C)C)C(=O)O. The van der Waals surface area contributed by atoms with Crippen LogP contribution in [0.3, 0.4) is 0 Å². The summed E-state index contributed by atoms with van der Waals surface area (Å²) in [6, 6.07) is -0.841. The van der Waals surface area contributed by atoms with Crippen molar-refractivity contribution in [3.05, 3.63) is 23.8 Å². The largest absolute Gasteiger partial charge is 0.480 e. The van der Waals surface area contributed by atoms with Gasteiger partial charge < -0.3 is 10.0 Å². The highest BCUT2D eigenvalue weighted by Crippen LogP contribution is 2.14. The molecule has 1 N–H and O–H groups in total. The molecule has 0 spiro atoms. The lowest BCUT2D eigenvalue weighted by Gasteiger charge is -2.26. The fourth-order valence-electron chi connectivity index (χ4n) is 1.80. The smallest absolute Gasteiger partial charge is 0.326 e. The molecule has 0 radical (unpaired) electrons. The number of rotatable bonds is 5. The fraction of sp³-hybridized carbons (Fsp3) is 0.538. The molecular weight excluding hydrogens is 246 g/mol. The van der Waals surface area contributed by atoms with Crippen LogP contribution in [0.2, 0.25) is 0 Å². The lowest BCUT2D eigenvalue weighted by atomic mass is 10.0. The average molecular weight is 265 g/mol. The number of aromatic nitrogens is 2. The summed E-state index contributed by atoms with van der Waals surface area (Å²) in [5, 5.41) is 9.23. The molecule has 1 aromatic rings. The van der Waals surface area contributed by atoms with Gasteiger partial charge in [-0.1, -0.05) is 13.8 Å². The summed E-state index contributed by atoms with van der Waals surface area (Å²) in [6.07, 6.45) is 3.18. The lowest BCUT2D eigenvalue weighted by Crippen LogP contribution is -2.43. The molecule has 104 valence electrons. The summed E-state index contributed by atoms with van der Waals surface area (Å²) in [5.41, 5.74) is 0.876. The maximum atomic E-state index is 12.3. The number of likely N-dealkylation sites (N-methyl/N-ethyl adjacent to an activating group) is 1. The van der Waals surface area contributed by atoms with Gasteiger partial charge in [-0.2, -0.15) is 0 Å². The Morgan fingerprint density at radius 1 is 1.42 bits per heavy atom. The van der Waals surface area contributed by atoms with Gasteiger partial charge in [0.2, 0.25) is 0 Å². The Kier molecular flexibility index (Phi) is 4.97. The second kappa shape index (κ2) is 6.26. The number of hydrogen-bond donors (Lipinski definition) is 1. The second-order valence-corrected chi connectivity index (χ2v) is 4.92. The third kappa shape index (κ3) is 3.74. The Bertz CT molecular complexity index is 474. The van der Waals surface area contributed by atoms with Crippen LogP contribution in [0.25, 0.3) is 0 Å². The standard InChI is InChI=1S/C13H19N3O3/c1-8(2)5-11(13(18)19)16(4)12(17)10-6-14-7-15-9(10)3/h6-8,11H,5H2,1-4H3,(H,18,19). The van der Waals surface area contributed by atoms with E-state index in [9.17, 15) is 14.7 Å². The third-order valence-corrected chi connectivity index (χ3v) is 2.91. The summed E-state index contributed by atoms with van der Waals surface area (Å²) in [5.74, 6) is -1.19. The Morgan fingerprint density at radius 3 is 2.53 bits per heavy atom. The minimum absolute atomic E-state index is 0.185. The number of carbonyl (C=O) groups excluding carboxylic acids is 1. The fourth-order valence-corrected chi connectivity index (χ4v) is 1.80. The van der Waals surface area contributed by atoms with Crippen molar-refractivity contribution < 1.29 is 14.7 Å². The first-order chi connectivity index (χ1) is 8.84. The van der Waals surface area contributed by atoms with Gasteiger partial charge in [0.15, 0.2) is 0 Å². The predicted molar refractivity (Wildman–Crippen MR) is 69.7 cm³/mol. The van der Waals surface area contributed by atoms with Gasteiger partial charge in [0.25, 0.3) is 5.91 Å². The molecule has 0 fully saturated rings. The first kappa shape index (κ1) is 15.1. The van der Waals surface area contributed by atoms with Gasteiger partial charge in [0, 0.05) is 13.2 Å². The Morgan fingerprint density at radius 2 is 2.05 bits per heavy atom. The van der Waals surface area contributed by atoms with Crippen LogP contribution in [0.1, 0.15) is 36.3 Å². The van der Waals surface area contributed by atoms with E-state index in [2.05, 4.69) is 9.97 Å². The maximum Gasteiger partial charge on any atom is 0.326 e. The molecule has 0 aliphatic rings. The van der Waals surface area contributed by atoms with E-state index in [0.29, 0.717) is 17.7 Å². The molecule has 0 aliphatic heterocycles. The van der Waals surface area contributed by atoms with Gasteiger partial charge in [-0.3, -0.25) is 4.79 Å². The van der Waals surface area contributed by atoms with E-state index in [0.717, 1.165) is 0 Å². The molecule has 1 aromatic heterocycles. The number of aliphatic carboxylic acids is 1. The van der Waals surface area contributed by atoms with Crippen molar-refractivity contribution in [2.75, 3.05) is 7.05 Å². The highest BCUT2D eigenvalue weighted by atomic mass is 16.4. The number of hydrogen-bond acceptors (Lipinski definition) is 4. The van der Waals surface area contributed by atoms with Crippen LogP contribution < -0.4 is 0 Å². The summed E-state index contributed by atoms with van der Waals surface area (Å²) < 4.78 is 0. The van der Waals surface area contributed by atoms with Crippen molar-refractivity contribution in [3.8, 4) is 0 Å². The maximum absolute atomic E-state index is 12.3. The zero-order valence-corrected chi connectivity index (χ0v) is 11.6. The molecule has 0 bridgehead atoms. The molecule has 6 heteroatoms. The van der Waals surface area contributed by atoms with Gasteiger partial charge in [0.05, 0.1) is 11.3 Å². The predicted octanol–water partition coefficient (Wildman–Crippen LogP) is 1.36. The van der Waals surface area contributed by atoms with Crippen LogP contribution in [0, 0.1) is 12.8 Å². The highest BCUT2D eigenvalue weighted by molar-refractivity contribution is 5.97. The molecule has 1 atom stereocenters. The van der Waals surface area contributed by atoms with Crippen LogP contribution in [-0.4, -0.2) is 44.9 Å². The first-order valence-electron chi connectivity index (χ1n) is 6.11. The zero-order valence-electron chi connectivity index (χ0n) is 11.6. The van der Waals surface area contributed by atoms with Gasteiger partial charge in [-0.15, -0.1) is 0 Å². The zero-order chi connectivity index (χ0) is 14.6. The summed E-state index contributed by atoms with van der Waals surface area (Å²) in [7, 11) is 1.50. The van der Waals surface area contributed by atoms with Crippen molar-refractivity contribution in [1.82, 2.24) is 14.9 Å². The molecule has 0 aromatic carbocycles. The number of aryl methyl sites for hydroxylation is 1. The van der Waals surface area contributed by atoms with Gasteiger partial charge in [0.1, 0.15) is 12.4 Å². The molecule has 1 unspecified atom stereocenters. The van der Waals surface area contributed by atoms with Gasteiger partial charge in [-0.25, -0.2) is 14.8 Å². The average Bonchev–Trinajstić information content (AvgIpc) is 2.34. The molecule has 1 amide bonds. The number of amides is 1. The van der Waals surface area contributed by atoms with E-state index in [1.165, 1.54) is 24.5 Å². The van der Waals surface area contributed by atoms with Crippen LogP contribution in [0.5, 0.6) is 0 Å².